The van der Waals surface area contributed by atoms with Crippen LogP contribution in [0.5, 0.6) is 11.5 Å². The Hall–Kier alpha value is -4.04. The third-order valence-electron chi connectivity index (χ3n) is 5.56. The lowest BCUT2D eigenvalue weighted by atomic mass is 9.82. The van der Waals surface area contributed by atoms with Gasteiger partial charge in [0.05, 0.1) is 14.2 Å². The quantitative estimate of drug-likeness (QED) is 0.502. The second kappa shape index (κ2) is 9.44. The Bertz CT molecular complexity index is 1180. The highest BCUT2D eigenvalue weighted by Gasteiger charge is 2.54. The van der Waals surface area contributed by atoms with E-state index in [1.165, 1.54) is 14.2 Å². The van der Waals surface area contributed by atoms with Gasteiger partial charge in [-0.15, -0.1) is 0 Å². The van der Waals surface area contributed by atoms with Crippen molar-refractivity contribution in [2.75, 3.05) is 26.1 Å². The van der Waals surface area contributed by atoms with Crippen molar-refractivity contribution in [3.63, 3.8) is 0 Å². The first-order chi connectivity index (χ1) is 16.4. The average molecular weight is 480 g/mol. The summed E-state index contributed by atoms with van der Waals surface area (Å²) in [7, 11) is 3.08. The van der Waals surface area contributed by atoms with E-state index in [4.69, 9.17) is 21.1 Å². The maximum atomic E-state index is 13.8. The van der Waals surface area contributed by atoms with Gasteiger partial charge in [0, 0.05) is 10.7 Å². The Kier molecular flexibility index (Phi) is 6.43. The van der Waals surface area contributed by atoms with Gasteiger partial charge < -0.3 is 20.1 Å². The summed E-state index contributed by atoms with van der Waals surface area (Å²) in [5.41, 5.74) is -0.0170. The van der Waals surface area contributed by atoms with Crippen LogP contribution in [0.25, 0.3) is 0 Å². The van der Waals surface area contributed by atoms with Gasteiger partial charge in [-0.05, 0) is 53.6 Å². The van der Waals surface area contributed by atoms with Gasteiger partial charge in [-0.25, -0.2) is 4.79 Å². The zero-order chi connectivity index (χ0) is 24.3. The zero-order valence-electron chi connectivity index (χ0n) is 18.5. The van der Waals surface area contributed by atoms with Gasteiger partial charge in [0.15, 0.2) is 5.54 Å². The number of halogens is 1. The molecule has 0 radical (unpaired) electrons. The fourth-order valence-corrected chi connectivity index (χ4v) is 4.06. The number of anilines is 1. The predicted molar refractivity (Wildman–Crippen MR) is 127 cm³/mol. The molecule has 0 aliphatic carbocycles. The molecule has 34 heavy (non-hydrogen) atoms. The summed E-state index contributed by atoms with van der Waals surface area (Å²) in [4.78, 5) is 40.3. The van der Waals surface area contributed by atoms with E-state index in [0.717, 1.165) is 4.90 Å². The van der Waals surface area contributed by atoms with Crippen molar-refractivity contribution < 1.29 is 23.9 Å². The topological polar surface area (TPSA) is 97.0 Å². The highest BCUT2D eigenvalue weighted by molar-refractivity contribution is 6.30. The van der Waals surface area contributed by atoms with Crippen molar-refractivity contribution in [2.24, 2.45) is 0 Å². The molecular weight excluding hydrogens is 458 g/mol. The van der Waals surface area contributed by atoms with Crippen molar-refractivity contribution in [3.8, 4) is 11.5 Å². The summed E-state index contributed by atoms with van der Waals surface area (Å²) in [5.74, 6) is 0.0893. The number of urea groups is 1. The van der Waals surface area contributed by atoms with E-state index in [9.17, 15) is 14.4 Å². The SMILES string of the molecule is COc1ccc(C2(c3ccc(OC)cc3)NC(=O)N(CC(=O)Nc3cccc(Cl)c3)C2=O)cc1. The number of amides is 4. The lowest BCUT2D eigenvalue weighted by Crippen LogP contribution is -2.45. The first-order valence-electron chi connectivity index (χ1n) is 10.4. The van der Waals surface area contributed by atoms with Crippen LogP contribution in [-0.4, -0.2) is 43.5 Å². The van der Waals surface area contributed by atoms with Crippen LogP contribution in [0.4, 0.5) is 10.5 Å². The molecule has 4 rings (SSSR count). The van der Waals surface area contributed by atoms with Gasteiger partial charge in [0.25, 0.3) is 5.91 Å². The molecule has 0 saturated carbocycles. The Morgan fingerprint density at radius 2 is 1.50 bits per heavy atom. The summed E-state index contributed by atoms with van der Waals surface area (Å²) in [5, 5.41) is 5.92. The van der Waals surface area contributed by atoms with Crippen LogP contribution in [0, 0.1) is 0 Å². The molecule has 1 saturated heterocycles. The van der Waals surface area contributed by atoms with Crippen LogP contribution >= 0.6 is 11.6 Å². The van der Waals surface area contributed by atoms with Crippen molar-refractivity contribution in [1.82, 2.24) is 10.2 Å². The van der Waals surface area contributed by atoms with Crippen molar-refractivity contribution >= 4 is 35.1 Å². The van der Waals surface area contributed by atoms with E-state index in [2.05, 4.69) is 10.6 Å². The monoisotopic (exact) mass is 479 g/mol. The summed E-state index contributed by atoms with van der Waals surface area (Å²) < 4.78 is 10.5. The fraction of sp³-hybridized carbons (Fsp3) is 0.160. The molecule has 9 heteroatoms. The third kappa shape index (κ3) is 4.27. The minimum absolute atomic E-state index is 0.450. The van der Waals surface area contributed by atoms with Crippen molar-refractivity contribution in [2.45, 2.75) is 5.54 Å². The maximum absolute atomic E-state index is 13.8. The molecule has 174 valence electrons. The summed E-state index contributed by atoms with van der Waals surface area (Å²) >= 11 is 5.96. The molecule has 1 fully saturated rings. The van der Waals surface area contributed by atoms with E-state index in [1.54, 1.807) is 72.8 Å². The van der Waals surface area contributed by atoms with Gasteiger partial charge in [0.1, 0.15) is 18.0 Å². The minimum Gasteiger partial charge on any atom is -0.497 e. The molecule has 3 aromatic rings. The molecule has 1 aliphatic rings. The summed E-state index contributed by atoms with van der Waals surface area (Å²) in [6.07, 6.45) is 0. The van der Waals surface area contributed by atoms with E-state index >= 15 is 0 Å². The number of carbonyl (C=O) groups excluding carboxylic acids is 3. The number of ether oxygens (including phenoxy) is 2. The lowest BCUT2D eigenvalue weighted by molar-refractivity contribution is -0.133. The lowest BCUT2D eigenvalue weighted by Gasteiger charge is -2.28. The molecule has 4 amide bonds. The third-order valence-corrected chi connectivity index (χ3v) is 5.80. The van der Waals surface area contributed by atoms with Crippen molar-refractivity contribution in [3.05, 3.63) is 88.9 Å². The van der Waals surface area contributed by atoms with E-state index < -0.39 is 29.9 Å². The van der Waals surface area contributed by atoms with Crippen LogP contribution in [-0.2, 0) is 15.1 Å². The first-order valence-corrected chi connectivity index (χ1v) is 10.7. The summed E-state index contributed by atoms with van der Waals surface area (Å²) in [6.45, 7) is -0.467. The van der Waals surface area contributed by atoms with Crippen LogP contribution in [0.15, 0.2) is 72.8 Å². The molecule has 0 atom stereocenters. The standard InChI is InChI=1S/C25H22ClN3O5/c1-33-20-10-6-16(7-11-20)25(17-8-12-21(34-2)13-9-17)23(31)29(24(32)28-25)15-22(30)27-19-5-3-4-18(26)14-19/h3-14H,15H2,1-2H3,(H,27,30)(H,28,32). The highest BCUT2D eigenvalue weighted by Crippen LogP contribution is 2.37. The van der Waals surface area contributed by atoms with Crippen LogP contribution in [0.3, 0.4) is 0 Å². The predicted octanol–water partition coefficient (Wildman–Crippen LogP) is 3.79. The van der Waals surface area contributed by atoms with Gasteiger partial charge >= 0.3 is 6.03 Å². The highest BCUT2D eigenvalue weighted by atomic mass is 35.5. The Balaban J connectivity index is 1.68. The number of hydrogen-bond acceptors (Lipinski definition) is 5. The molecule has 1 aliphatic heterocycles. The molecule has 1 heterocycles. The normalized spacial score (nSPS) is 14.5. The average Bonchev–Trinajstić information content (AvgIpc) is 3.09. The molecule has 3 aromatic carbocycles. The van der Waals surface area contributed by atoms with Gasteiger partial charge in [-0.3, -0.25) is 14.5 Å². The zero-order valence-corrected chi connectivity index (χ0v) is 19.3. The molecule has 8 nitrogen and oxygen atoms in total. The maximum Gasteiger partial charge on any atom is 0.326 e. The Morgan fingerprint density at radius 3 is 2.00 bits per heavy atom. The number of rotatable bonds is 7. The fourth-order valence-electron chi connectivity index (χ4n) is 3.87. The second-order valence-corrected chi connectivity index (χ2v) is 8.02. The van der Waals surface area contributed by atoms with Crippen LogP contribution in [0.2, 0.25) is 5.02 Å². The number of methoxy groups -OCH3 is 2. The van der Waals surface area contributed by atoms with Crippen LogP contribution < -0.4 is 20.1 Å². The van der Waals surface area contributed by atoms with Crippen LogP contribution in [0.1, 0.15) is 11.1 Å². The summed E-state index contributed by atoms with van der Waals surface area (Å²) in [6, 6.07) is 19.5. The van der Waals surface area contributed by atoms with E-state index in [1.807, 2.05) is 0 Å². The molecule has 2 N–H and O–H groups in total. The second-order valence-electron chi connectivity index (χ2n) is 7.59. The number of carbonyl (C=O) groups is 3. The molecular formula is C25H22ClN3O5. The molecule has 0 unspecified atom stereocenters. The molecule has 0 bridgehead atoms. The van der Waals surface area contributed by atoms with E-state index in [0.29, 0.717) is 33.3 Å². The number of nitrogens with zero attached hydrogens (tertiary/aromatic N) is 1. The first kappa shape index (κ1) is 23.1. The molecule has 0 aromatic heterocycles. The number of hydrogen-bond donors (Lipinski definition) is 2. The van der Waals surface area contributed by atoms with Crippen molar-refractivity contribution in [1.29, 1.82) is 0 Å². The smallest absolute Gasteiger partial charge is 0.326 e. The Labute approximate surface area is 201 Å². The van der Waals surface area contributed by atoms with Gasteiger partial charge in [0.2, 0.25) is 5.91 Å². The minimum atomic E-state index is -1.52. The molecule has 0 spiro atoms. The van der Waals surface area contributed by atoms with Gasteiger partial charge in [-0.1, -0.05) is 41.9 Å². The van der Waals surface area contributed by atoms with Gasteiger partial charge in [-0.2, -0.15) is 0 Å². The number of benzene rings is 3. The Morgan fingerprint density at radius 1 is 0.941 bits per heavy atom. The number of nitrogens with one attached hydrogen (secondary N) is 2. The largest absolute Gasteiger partial charge is 0.497 e. The number of imide groups is 1. The van der Waals surface area contributed by atoms with E-state index in [-0.39, 0.29) is 0 Å².